The SMILES string of the molecule is COCn1c(C(N)=O)cc2cccc(NS(=O)(=O)c3sccc3CC3CC3)c21. The molecule has 0 bridgehead atoms. The van der Waals surface area contributed by atoms with Crippen LogP contribution >= 0.6 is 11.3 Å². The second-order valence-corrected chi connectivity index (χ2v) is 9.76. The minimum Gasteiger partial charge on any atom is -0.364 e. The van der Waals surface area contributed by atoms with Gasteiger partial charge in [0.1, 0.15) is 16.6 Å². The number of methoxy groups -OCH3 is 1. The topological polar surface area (TPSA) is 103 Å². The lowest BCUT2D eigenvalue weighted by Crippen LogP contribution is -2.18. The molecule has 9 heteroatoms. The van der Waals surface area contributed by atoms with Crippen LogP contribution in [0, 0.1) is 5.92 Å². The van der Waals surface area contributed by atoms with Crippen molar-refractivity contribution in [2.24, 2.45) is 11.7 Å². The van der Waals surface area contributed by atoms with Crippen molar-refractivity contribution in [1.82, 2.24) is 4.57 Å². The van der Waals surface area contributed by atoms with E-state index in [0.717, 1.165) is 24.8 Å². The molecule has 7 nitrogen and oxygen atoms in total. The predicted molar refractivity (Wildman–Crippen MR) is 109 cm³/mol. The molecule has 2 heterocycles. The van der Waals surface area contributed by atoms with E-state index in [4.69, 9.17) is 10.5 Å². The van der Waals surface area contributed by atoms with Crippen LogP contribution in [0.2, 0.25) is 0 Å². The molecule has 1 aromatic carbocycles. The van der Waals surface area contributed by atoms with E-state index in [1.54, 1.807) is 28.8 Å². The molecule has 0 radical (unpaired) electrons. The number of benzene rings is 1. The second-order valence-electron chi connectivity index (χ2n) is 6.97. The lowest BCUT2D eigenvalue weighted by Gasteiger charge is -2.13. The average molecular weight is 420 g/mol. The number of nitrogens with one attached hydrogen (secondary N) is 1. The monoisotopic (exact) mass is 419 g/mol. The molecule has 1 aliphatic rings. The van der Waals surface area contributed by atoms with Gasteiger partial charge in [-0.15, -0.1) is 11.3 Å². The number of carbonyl (C=O) groups is 1. The lowest BCUT2D eigenvalue weighted by atomic mass is 10.2. The van der Waals surface area contributed by atoms with Crippen LogP contribution in [-0.2, 0) is 27.9 Å². The first-order valence-corrected chi connectivity index (χ1v) is 11.3. The van der Waals surface area contributed by atoms with Gasteiger partial charge in [0, 0.05) is 12.5 Å². The zero-order chi connectivity index (χ0) is 19.9. The third-order valence-corrected chi connectivity index (χ3v) is 7.77. The number of carbonyl (C=O) groups excluding carboxylic acids is 1. The van der Waals surface area contributed by atoms with Crippen LogP contribution in [0.5, 0.6) is 0 Å². The Bertz CT molecular complexity index is 1140. The molecule has 1 fully saturated rings. The highest BCUT2D eigenvalue weighted by molar-refractivity contribution is 7.94. The quantitative estimate of drug-likeness (QED) is 0.585. The van der Waals surface area contributed by atoms with Crippen LogP contribution in [0.3, 0.4) is 0 Å². The number of aromatic nitrogens is 1. The van der Waals surface area contributed by atoms with Gasteiger partial charge in [-0.25, -0.2) is 8.42 Å². The van der Waals surface area contributed by atoms with E-state index in [0.29, 0.717) is 26.7 Å². The van der Waals surface area contributed by atoms with Gasteiger partial charge in [-0.1, -0.05) is 12.1 Å². The normalized spacial score (nSPS) is 14.5. The molecular formula is C19H21N3O4S2. The van der Waals surface area contributed by atoms with Crippen molar-refractivity contribution in [3.8, 4) is 0 Å². The number of fused-ring (bicyclic) bond motifs is 1. The standard InChI is InChI=1S/C19H21N3O4S2/c1-26-11-22-16(18(20)23)10-13-3-2-4-15(17(13)22)21-28(24,25)19-14(7-8-27-19)9-12-5-6-12/h2-4,7-8,10,12,21H,5-6,9,11H2,1H3,(H2,20,23). The molecule has 1 saturated carbocycles. The van der Waals surface area contributed by atoms with Gasteiger partial charge in [0.15, 0.2) is 0 Å². The van der Waals surface area contributed by atoms with Crippen molar-refractivity contribution in [3.63, 3.8) is 0 Å². The van der Waals surface area contributed by atoms with E-state index < -0.39 is 15.9 Å². The van der Waals surface area contributed by atoms with Gasteiger partial charge in [0.25, 0.3) is 15.9 Å². The molecule has 3 N–H and O–H groups in total. The molecule has 4 rings (SSSR count). The van der Waals surface area contributed by atoms with Gasteiger partial charge in [0.05, 0.1) is 11.2 Å². The van der Waals surface area contributed by atoms with E-state index in [-0.39, 0.29) is 12.4 Å². The maximum Gasteiger partial charge on any atom is 0.271 e. The van der Waals surface area contributed by atoms with Gasteiger partial charge in [-0.2, -0.15) is 0 Å². The molecule has 1 amide bonds. The first-order chi connectivity index (χ1) is 13.4. The Morgan fingerprint density at radius 3 is 2.82 bits per heavy atom. The Morgan fingerprint density at radius 2 is 2.14 bits per heavy atom. The molecule has 0 aliphatic heterocycles. The van der Waals surface area contributed by atoms with Crippen molar-refractivity contribution < 1.29 is 17.9 Å². The van der Waals surface area contributed by atoms with Crippen LogP contribution in [0.15, 0.2) is 39.9 Å². The van der Waals surface area contributed by atoms with Crippen LogP contribution in [0.25, 0.3) is 10.9 Å². The van der Waals surface area contributed by atoms with Crippen LogP contribution in [0.1, 0.15) is 28.9 Å². The third-order valence-electron chi connectivity index (χ3n) is 4.83. The number of hydrogen-bond acceptors (Lipinski definition) is 5. The van der Waals surface area contributed by atoms with Crippen molar-refractivity contribution in [2.75, 3.05) is 11.8 Å². The summed E-state index contributed by atoms with van der Waals surface area (Å²) in [4.78, 5) is 11.8. The summed E-state index contributed by atoms with van der Waals surface area (Å²) in [6.45, 7) is 0.0758. The summed E-state index contributed by atoms with van der Waals surface area (Å²) in [6, 6.07) is 8.73. The zero-order valence-corrected chi connectivity index (χ0v) is 17.0. The fourth-order valence-corrected chi connectivity index (χ4v) is 5.91. The summed E-state index contributed by atoms with van der Waals surface area (Å²) >= 11 is 1.22. The van der Waals surface area contributed by atoms with Gasteiger partial charge < -0.3 is 15.0 Å². The van der Waals surface area contributed by atoms with Gasteiger partial charge >= 0.3 is 0 Å². The molecule has 0 atom stereocenters. The molecular weight excluding hydrogens is 398 g/mol. The number of anilines is 1. The smallest absolute Gasteiger partial charge is 0.271 e. The molecule has 1 aliphatic carbocycles. The summed E-state index contributed by atoms with van der Waals surface area (Å²) in [5.74, 6) is -0.0175. The highest BCUT2D eigenvalue weighted by Gasteiger charge is 2.28. The largest absolute Gasteiger partial charge is 0.364 e. The summed E-state index contributed by atoms with van der Waals surface area (Å²) < 4.78 is 36.0. The first-order valence-electron chi connectivity index (χ1n) is 8.91. The minimum atomic E-state index is -3.75. The lowest BCUT2D eigenvalue weighted by molar-refractivity contribution is 0.0961. The number of para-hydroxylation sites is 1. The fraction of sp³-hybridized carbons (Fsp3) is 0.316. The van der Waals surface area contributed by atoms with Crippen molar-refractivity contribution in [2.45, 2.75) is 30.2 Å². The predicted octanol–water partition coefficient (Wildman–Crippen LogP) is 3.16. The minimum absolute atomic E-state index is 0.0758. The summed E-state index contributed by atoms with van der Waals surface area (Å²) in [6.07, 6.45) is 3.10. The number of nitrogens with two attached hydrogens (primary N) is 1. The van der Waals surface area contributed by atoms with Crippen LogP contribution < -0.4 is 10.5 Å². The number of thiophene rings is 1. The Kier molecular flexibility index (Phi) is 4.90. The summed E-state index contributed by atoms with van der Waals surface area (Å²) in [5, 5.41) is 2.52. The Morgan fingerprint density at radius 1 is 1.36 bits per heavy atom. The maximum absolute atomic E-state index is 13.1. The number of nitrogens with zero attached hydrogens (tertiary/aromatic N) is 1. The highest BCUT2D eigenvalue weighted by atomic mass is 32.2. The molecule has 28 heavy (non-hydrogen) atoms. The van der Waals surface area contributed by atoms with Gasteiger partial charge in [0.2, 0.25) is 0 Å². The number of sulfonamides is 1. The number of primary amides is 1. The number of ether oxygens (including phenoxy) is 1. The first kappa shape index (κ1) is 19.0. The molecule has 0 spiro atoms. The highest BCUT2D eigenvalue weighted by Crippen LogP contribution is 2.37. The van der Waals surface area contributed by atoms with E-state index in [1.807, 2.05) is 11.4 Å². The zero-order valence-electron chi connectivity index (χ0n) is 15.3. The van der Waals surface area contributed by atoms with Crippen molar-refractivity contribution in [3.05, 3.63) is 47.0 Å². The Hall–Kier alpha value is -2.36. The van der Waals surface area contributed by atoms with Crippen LogP contribution in [0.4, 0.5) is 5.69 Å². The molecule has 148 valence electrons. The maximum atomic E-state index is 13.1. The summed E-state index contributed by atoms with van der Waals surface area (Å²) in [7, 11) is -2.26. The van der Waals surface area contributed by atoms with Crippen LogP contribution in [-0.4, -0.2) is 26.0 Å². The number of rotatable bonds is 8. The van der Waals surface area contributed by atoms with E-state index >= 15 is 0 Å². The molecule has 2 aromatic heterocycles. The number of hydrogen-bond donors (Lipinski definition) is 2. The Labute approximate surface area is 167 Å². The number of amides is 1. The van der Waals surface area contributed by atoms with E-state index in [1.165, 1.54) is 18.4 Å². The molecule has 3 aromatic rings. The summed E-state index contributed by atoms with van der Waals surface area (Å²) in [5.41, 5.74) is 7.54. The third kappa shape index (κ3) is 3.52. The van der Waals surface area contributed by atoms with Gasteiger partial charge in [-0.3, -0.25) is 9.52 Å². The van der Waals surface area contributed by atoms with Crippen molar-refractivity contribution in [1.29, 1.82) is 0 Å². The van der Waals surface area contributed by atoms with Crippen molar-refractivity contribution >= 4 is 43.9 Å². The van der Waals surface area contributed by atoms with E-state index in [2.05, 4.69) is 4.72 Å². The second kappa shape index (κ2) is 7.23. The average Bonchev–Trinajstić information content (AvgIpc) is 3.17. The van der Waals surface area contributed by atoms with Gasteiger partial charge in [-0.05, 0) is 54.3 Å². The fourth-order valence-electron chi connectivity index (χ4n) is 3.41. The van der Waals surface area contributed by atoms with E-state index in [9.17, 15) is 13.2 Å². The molecule has 0 saturated heterocycles. The molecule has 0 unspecified atom stereocenters. The Balaban J connectivity index is 1.77.